The normalized spacial score (nSPS) is 19.4. The summed E-state index contributed by atoms with van der Waals surface area (Å²) in [4.78, 5) is 64.3. The van der Waals surface area contributed by atoms with Gasteiger partial charge in [0.2, 0.25) is 6.10 Å². The number of fused-ring (bicyclic) bond motifs is 2. The predicted molar refractivity (Wildman–Crippen MR) is 151 cm³/mol. The summed E-state index contributed by atoms with van der Waals surface area (Å²) in [6.45, 7) is 1.22. The second-order valence-corrected chi connectivity index (χ2v) is 12.3. The lowest BCUT2D eigenvalue weighted by atomic mass is 10.0. The van der Waals surface area contributed by atoms with Gasteiger partial charge >= 0.3 is 5.97 Å². The van der Waals surface area contributed by atoms with Crippen LogP contribution in [0.2, 0.25) is 0 Å². The van der Waals surface area contributed by atoms with Crippen molar-refractivity contribution in [1.29, 1.82) is 0 Å². The number of nitrogen functional groups attached to an aromatic ring is 1. The standard InChI is InChI=1S/C24H24N8O7S3/c1-10(21(35)36)39-29-15(13-9-41-23(25)26-13)18(33)28-16-19(34)32-17(22(37)38)11(7-40-20(16)32)8-42-24-27-12-6-30(2)5-4-14(12)31(24)3/h4-6,9-10,16,20H,7-8H2,1-3H3,(H4-,25,26,28,33,35,36,37,38)/b29-15-/t10-,16?,20-/m0/s1. The lowest BCUT2D eigenvalue weighted by Crippen LogP contribution is -2.71. The largest absolute Gasteiger partial charge is 0.543 e. The van der Waals surface area contributed by atoms with Gasteiger partial charge in [0.05, 0.1) is 17.2 Å². The van der Waals surface area contributed by atoms with E-state index in [-0.39, 0.29) is 33.7 Å². The molecular formula is C24H24N8O7S3. The van der Waals surface area contributed by atoms with Gasteiger partial charge in [0, 0.05) is 30.0 Å². The highest BCUT2D eigenvalue weighted by Gasteiger charge is 2.53. The molecular weight excluding hydrogens is 609 g/mol. The lowest BCUT2D eigenvalue weighted by Gasteiger charge is -2.50. The Labute approximate surface area is 250 Å². The van der Waals surface area contributed by atoms with Crippen molar-refractivity contribution in [3.05, 3.63) is 40.8 Å². The first-order valence-electron chi connectivity index (χ1n) is 12.3. The number of thiazole rings is 1. The number of nitrogens with one attached hydrogen (secondary N) is 1. The quantitative estimate of drug-likeness (QED) is 0.0794. The van der Waals surface area contributed by atoms with Crippen molar-refractivity contribution in [2.24, 2.45) is 19.3 Å². The van der Waals surface area contributed by atoms with Crippen molar-refractivity contribution in [3.63, 3.8) is 0 Å². The van der Waals surface area contributed by atoms with Crippen molar-refractivity contribution in [2.75, 3.05) is 17.2 Å². The van der Waals surface area contributed by atoms with Gasteiger partial charge in [-0.2, -0.15) is 0 Å². The number of anilines is 1. The summed E-state index contributed by atoms with van der Waals surface area (Å²) in [5.41, 5.74) is 7.29. The Balaban J connectivity index is 1.32. The van der Waals surface area contributed by atoms with Gasteiger partial charge in [0.25, 0.3) is 11.8 Å². The molecule has 15 nitrogen and oxygen atoms in total. The molecule has 0 bridgehead atoms. The lowest BCUT2D eigenvalue weighted by molar-refractivity contribution is -0.670. The van der Waals surface area contributed by atoms with Crippen LogP contribution in [0.15, 0.2) is 45.4 Å². The van der Waals surface area contributed by atoms with Gasteiger partial charge in [-0.15, -0.1) is 23.1 Å². The van der Waals surface area contributed by atoms with Crippen molar-refractivity contribution < 1.29 is 38.8 Å². The Kier molecular flexibility index (Phi) is 8.11. The van der Waals surface area contributed by atoms with Gasteiger partial charge in [-0.25, -0.2) is 19.3 Å². The first kappa shape index (κ1) is 29.3. The van der Waals surface area contributed by atoms with E-state index in [1.165, 1.54) is 35.8 Å². The number of β-lactam (4-membered cyclic amide) rings is 1. The number of aromatic nitrogens is 4. The van der Waals surface area contributed by atoms with Crippen LogP contribution in [0.3, 0.4) is 0 Å². The summed E-state index contributed by atoms with van der Waals surface area (Å²) < 4.78 is 3.79. The first-order chi connectivity index (χ1) is 20.0. The number of carboxylic acids is 2. The van der Waals surface area contributed by atoms with Crippen LogP contribution in [-0.4, -0.2) is 83.0 Å². The van der Waals surface area contributed by atoms with Crippen LogP contribution in [0.4, 0.5) is 5.13 Å². The van der Waals surface area contributed by atoms with Crippen LogP contribution in [0.1, 0.15) is 12.6 Å². The van der Waals surface area contributed by atoms with Crippen LogP contribution in [0.25, 0.3) is 11.0 Å². The molecule has 4 N–H and O–H groups in total. The predicted octanol–water partition coefficient (Wildman–Crippen LogP) is -1.17. The molecule has 1 fully saturated rings. The summed E-state index contributed by atoms with van der Waals surface area (Å²) in [7, 11) is 3.76. The molecule has 0 radical (unpaired) electrons. The van der Waals surface area contributed by atoms with Gasteiger partial charge in [-0.3, -0.25) is 14.5 Å². The fourth-order valence-electron chi connectivity index (χ4n) is 4.28. The van der Waals surface area contributed by atoms with E-state index in [1.807, 2.05) is 41.7 Å². The van der Waals surface area contributed by atoms with E-state index in [4.69, 9.17) is 15.7 Å². The van der Waals surface area contributed by atoms with Crippen molar-refractivity contribution >= 4 is 80.5 Å². The van der Waals surface area contributed by atoms with Gasteiger partial charge in [-0.1, -0.05) is 16.9 Å². The third-order valence-electron chi connectivity index (χ3n) is 6.45. The number of pyridine rings is 1. The van der Waals surface area contributed by atoms with E-state index in [1.54, 1.807) is 0 Å². The Morgan fingerprint density at radius 2 is 2.17 bits per heavy atom. The number of imidazole rings is 1. The van der Waals surface area contributed by atoms with Gasteiger partial charge < -0.3 is 35.5 Å². The Hall–Kier alpha value is -4.16. The minimum absolute atomic E-state index is 0.0258. The number of oxime groups is 1. The highest BCUT2D eigenvalue weighted by Crippen LogP contribution is 2.41. The molecule has 0 aromatic carbocycles. The zero-order chi connectivity index (χ0) is 30.3. The molecule has 2 aliphatic rings. The number of hydrogen-bond acceptors (Lipinski definition) is 13. The number of nitrogens with zero attached hydrogens (tertiary/aromatic N) is 6. The number of amides is 2. The molecule has 1 unspecified atom stereocenters. The van der Waals surface area contributed by atoms with Crippen LogP contribution in [0, 0.1) is 0 Å². The smallest absolute Gasteiger partial charge is 0.347 e. The third kappa shape index (κ3) is 5.51. The van der Waals surface area contributed by atoms with Crippen LogP contribution in [-0.2, 0) is 38.1 Å². The van der Waals surface area contributed by atoms with Gasteiger partial charge in [0.1, 0.15) is 24.2 Å². The molecule has 3 atom stereocenters. The molecule has 5 rings (SSSR count). The van der Waals surface area contributed by atoms with E-state index in [0.717, 1.165) is 27.3 Å². The Bertz CT molecular complexity index is 1680. The number of hydrogen-bond donors (Lipinski definition) is 3. The van der Waals surface area contributed by atoms with Crippen LogP contribution in [0.5, 0.6) is 0 Å². The first-order valence-corrected chi connectivity index (χ1v) is 15.2. The SMILES string of the molecule is C[C@H](O/N=C(\C(=O)NC1C(=O)N2C(C(=O)[O-])=C(CSc3nc4c[n+](C)ccc4n3C)CS[C@@H]12)c1csc(N)n1)C(=O)O. The summed E-state index contributed by atoms with van der Waals surface area (Å²) >= 11 is 3.66. The zero-order valence-electron chi connectivity index (χ0n) is 22.3. The number of rotatable bonds is 10. The number of thioether (sulfide) groups is 2. The minimum atomic E-state index is -1.50. The monoisotopic (exact) mass is 632 g/mol. The topological polar surface area (TPSA) is 209 Å². The molecule has 0 spiro atoms. The third-order valence-corrected chi connectivity index (χ3v) is 9.58. The molecule has 220 valence electrons. The van der Waals surface area contributed by atoms with E-state index in [9.17, 15) is 24.3 Å². The molecule has 5 heterocycles. The van der Waals surface area contributed by atoms with E-state index >= 15 is 0 Å². The van der Waals surface area contributed by atoms with E-state index < -0.39 is 41.3 Å². The fourth-order valence-corrected chi connectivity index (χ4v) is 7.30. The summed E-state index contributed by atoms with van der Waals surface area (Å²) in [6, 6.07) is 0.856. The number of aliphatic carboxylic acids is 2. The molecule has 18 heteroatoms. The molecule has 2 amide bonds. The van der Waals surface area contributed by atoms with Gasteiger partial charge in [0.15, 0.2) is 33.9 Å². The fraction of sp³-hybridized carbons (Fsp3) is 0.333. The molecule has 1 saturated heterocycles. The number of aryl methyl sites for hydroxylation is 2. The van der Waals surface area contributed by atoms with Crippen molar-refractivity contribution in [1.82, 2.24) is 24.8 Å². The maximum atomic E-state index is 13.2. The Morgan fingerprint density at radius 3 is 2.83 bits per heavy atom. The maximum absolute atomic E-state index is 13.2. The summed E-state index contributed by atoms with van der Waals surface area (Å²) in [6.07, 6.45) is 2.43. The second-order valence-electron chi connectivity index (χ2n) is 9.32. The molecule has 0 saturated carbocycles. The van der Waals surface area contributed by atoms with Crippen molar-refractivity contribution in [2.45, 2.75) is 29.6 Å². The molecule has 0 aliphatic carbocycles. The van der Waals surface area contributed by atoms with Crippen LogP contribution >= 0.6 is 34.9 Å². The van der Waals surface area contributed by atoms with Crippen LogP contribution < -0.4 is 20.7 Å². The van der Waals surface area contributed by atoms with Crippen molar-refractivity contribution in [3.8, 4) is 0 Å². The highest BCUT2D eigenvalue weighted by atomic mass is 32.2. The summed E-state index contributed by atoms with van der Waals surface area (Å²) in [5.74, 6) is -3.78. The maximum Gasteiger partial charge on any atom is 0.347 e. The number of carboxylic acid groups (broad SMARTS) is 2. The molecule has 42 heavy (non-hydrogen) atoms. The average Bonchev–Trinajstić information content (AvgIpc) is 3.51. The molecule has 3 aromatic heterocycles. The highest BCUT2D eigenvalue weighted by molar-refractivity contribution is 8.01. The minimum Gasteiger partial charge on any atom is -0.543 e. The number of carbonyl (C=O) groups excluding carboxylic acids is 3. The second kappa shape index (κ2) is 11.6. The number of carbonyl (C=O) groups is 4. The zero-order valence-corrected chi connectivity index (χ0v) is 24.8. The van der Waals surface area contributed by atoms with E-state index in [0.29, 0.717) is 10.7 Å². The molecule has 2 aliphatic heterocycles. The molecule has 3 aromatic rings. The van der Waals surface area contributed by atoms with Gasteiger partial charge in [-0.05, 0) is 12.5 Å². The number of nitrogens with two attached hydrogens (primary N) is 1. The average molecular weight is 633 g/mol. The summed E-state index contributed by atoms with van der Waals surface area (Å²) in [5, 5.41) is 29.0. The van der Waals surface area contributed by atoms with E-state index in [2.05, 4.69) is 20.4 Å². The Morgan fingerprint density at radius 1 is 1.40 bits per heavy atom.